The second kappa shape index (κ2) is 17.5. The molecule has 5 atom stereocenters. The molecule has 1 saturated heterocycles. The Balaban J connectivity index is 1.36. The number of nitrogens with one attached hydrogen (secondary N) is 2. The van der Waals surface area contributed by atoms with Crippen molar-refractivity contribution < 1.29 is 46.0 Å². The van der Waals surface area contributed by atoms with Gasteiger partial charge in [-0.3, -0.25) is 19.2 Å². The molecule has 3 aliphatic rings. The maximum absolute atomic E-state index is 14.9. The van der Waals surface area contributed by atoms with E-state index in [1.54, 1.807) is 45.9 Å². The number of benzene rings is 1. The summed E-state index contributed by atoms with van der Waals surface area (Å²) in [6.45, 7) is 18.3. The van der Waals surface area contributed by atoms with Gasteiger partial charge in [0.1, 0.15) is 33.9 Å². The second-order valence-corrected chi connectivity index (χ2v) is 22.1. The molecule has 0 bridgehead atoms. The van der Waals surface area contributed by atoms with Gasteiger partial charge in [-0.25, -0.2) is 18.9 Å². The van der Waals surface area contributed by atoms with E-state index in [0.29, 0.717) is 64.6 Å². The van der Waals surface area contributed by atoms with E-state index in [4.69, 9.17) is 40.0 Å². The van der Waals surface area contributed by atoms with E-state index in [0.717, 1.165) is 0 Å². The molecule has 62 heavy (non-hydrogen) atoms. The molecule has 1 aromatic carbocycles. The molecule has 1 aliphatic heterocycles. The van der Waals surface area contributed by atoms with Crippen LogP contribution in [0.2, 0.25) is 5.02 Å². The van der Waals surface area contributed by atoms with E-state index in [-0.39, 0.29) is 42.8 Å². The van der Waals surface area contributed by atoms with Crippen molar-refractivity contribution in [1.82, 2.24) is 19.6 Å². The highest BCUT2D eigenvalue weighted by Gasteiger charge is 2.62. The second-order valence-electron chi connectivity index (χ2n) is 19.5. The number of likely N-dealkylation sites (tertiary alicyclic amines) is 1. The van der Waals surface area contributed by atoms with Crippen LogP contribution in [0, 0.1) is 22.7 Å². The number of hydrogen-bond donors (Lipinski definition) is 2. The van der Waals surface area contributed by atoms with Crippen LogP contribution in [-0.2, 0) is 38.4 Å². The Morgan fingerprint density at radius 2 is 1.74 bits per heavy atom. The number of anilines is 1. The Morgan fingerprint density at radius 3 is 2.32 bits per heavy atom. The van der Waals surface area contributed by atoms with Gasteiger partial charge in [0.05, 0.1) is 54.3 Å². The Bertz CT molecular complexity index is 2330. The molecule has 3 aromatic rings. The molecule has 3 heterocycles. The summed E-state index contributed by atoms with van der Waals surface area (Å²) in [6.07, 6.45) is 0.654. The number of Topliss-reactive ketones (excluding diaryl/α,β-unsaturated/α-hetero) is 1. The number of amides is 2. The lowest BCUT2D eigenvalue weighted by Crippen LogP contribution is -2.49. The number of esters is 1. The lowest BCUT2D eigenvalue weighted by molar-refractivity contribution is -0.161. The van der Waals surface area contributed by atoms with Crippen molar-refractivity contribution in [2.24, 2.45) is 22.7 Å². The van der Waals surface area contributed by atoms with Crippen molar-refractivity contribution in [3.63, 3.8) is 0 Å². The zero-order chi connectivity index (χ0) is 45.7. The molecule has 6 rings (SSSR count). The summed E-state index contributed by atoms with van der Waals surface area (Å²) in [7, 11) is -2.94. The summed E-state index contributed by atoms with van der Waals surface area (Å²) in [6, 6.07) is 4.31. The van der Waals surface area contributed by atoms with E-state index >= 15 is 0 Å². The number of nitrogens with zero attached hydrogens (tertiary/aromatic N) is 3. The molecule has 340 valence electrons. The van der Waals surface area contributed by atoms with Crippen molar-refractivity contribution in [2.75, 3.05) is 19.0 Å². The fourth-order valence-corrected chi connectivity index (χ4v) is 10.4. The number of ether oxygens (including phenoxy) is 3. The smallest absolute Gasteiger partial charge is 0.362 e. The number of fused-ring (bicyclic) bond motifs is 1. The first-order valence-corrected chi connectivity index (χ1v) is 23.8. The number of thiazole rings is 1. The average molecular weight is 919 g/mol. The van der Waals surface area contributed by atoms with Crippen LogP contribution < -0.4 is 19.5 Å². The molecule has 0 spiro atoms. The van der Waals surface area contributed by atoms with Gasteiger partial charge in [0.15, 0.2) is 10.9 Å². The van der Waals surface area contributed by atoms with Gasteiger partial charge in [0.25, 0.3) is 0 Å². The highest BCUT2D eigenvalue weighted by Crippen LogP contribution is 2.58. The van der Waals surface area contributed by atoms with E-state index in [2.05, 4.69) is 10.0 Å². The molecular weight excluding hydrogens is 858 g/mol. The molecule has 2 aliphatic carbocycles. The van der Waals surface area contributed by atoms with Crippen LogP contribution in [0.4, 0.5) is 5.13 Å². The molecule has 2 amide bonds. The molecule has 2 aromatic heterocycles. The summed E-state index contributed by atoms with van der Waals surface area (Å²) < 4.78 is 51.2. The van der Waals surface area contributed by atoms with Crippen LogP contribution in [0.3, 0.4) is 0 Å². The maximum Gasteiger partial charge on any atom is 0.362 e. The van der Waals surface area contributed by atoms with Gasteiger partial charge in [-0.05, 0) is 84.3 Å². The number of aromatic nitrogens is 2. The fraction of sp³-hybridized carbons (Fsp3) is 0.636. The predicted molar refractivity (Wildman–Crippen MR) is 237 cm³/mol. The van der Waals surface area contributed by atoms with Gasteiger partial charge >= 0.3 is 16.3 Å². The van der Waals surface area contributed by atoms with E-state index in [1.165, 1.54) is 23.3 Å². The highest BCUT2D eigenvalue weighted by atomic mass is 35.5. The monoisotopic (exact) mass is 917 g/mol. The normalized spacial score (nSPS) is 22.6. The Hall–Kier alpha value is -4.06. The minimum absolute atomic E-state index is 0.0322. The Labute approximate surface area is 373 Å². The minimum Gasteiger partial charge on any atom is -0.495 e. The summed E-state index contributed by atoms with van der Waals surface area (Å²) in [5, 5.41) is 6.70. The van der Waals surface area contributed by atoms with Gasteiger partial charge in [-0.15, -0.1) is 11.3 Å². The third-order valence-corrected chi connectivity index (χ3v) is 13.9. The van der Waals surface area contributed by atoms with Crippen LogP contribution in [-0.4, -0.2) is 89.9 Å². The molecular formula is C44H60ClN5O10S2. The summed E-state index contributed by atoms with van der Waals surface area (Å²) in [4.78, 5) is 67.9. The van der Waals surface area contributed by atoms with Gasteiger partial charge in [0.2, 0.25) is 11.8 Å². The van der Waals surface area contributed by atoms with Gasteiger partial charge in [0, 0.05) is 35.7 Å². The highest BCUT2D eigenvalue weighted by molar-refractivity contribution is 7.85. The standard InChI is InChI=1S/C44H60ClN5O10S2/c1-12-25-20-44(25,39(54)49-62(55,56)60-43(10)15-16-43)21-32(51)31-17-26(22-50(31)38(53)28(41(4,5)6)18-35(52)59-42(7,8)9)58-34-19-29(30-23-61-40(48-30)46-24(2)3)47-37-27(34)13-14-33(57-11)36(37)45/h13-14,19,23-26,28,31H,12,15-18,20-22H2,1-11H3,(H,46,48)(H,49,54)/t25-,26-,28-,31+,44-/m1/s1. The summed E-state index contributed by atoms with van der Waals surface area (Å²) in [5.74, 6) is -2.60. The molecule has 0 radical (unpaired) electrons. The first-order valence-electron chi connectivity index (χ1n) is 21.2. The zero-order valence-corrected chi connectivity index (χ0v) is 39.9. The lowest BCUT2D eigenvalue weighted by atomic mass is 9.77. The first-order chi connectivity index (χ1) is 28.8. The number of halogens is 1. The number of methoxy groups -OCH3 is 1. The van der Waals surface area contributed by atoms with Crippen molar-refractivity contribution in [1.29, 1.82) is 0 Å². The van der Waals surface area contributed by atoms with Crippen molar-refractivity contribution >= 4 is 72.8 Å². The average Bonchev–Trinajstić information content (AvgIpc) is 3.92. The van der Waals surface area contributed by atoms with Crippen LogP contribution in [0.25, 0.3) is 22.3 Å². The largest absolute Gasteiger partial charge is 0.495 e. The van der Waals surface area contributed by atoms with E-state index < -0.39 is 74.0 Å². The number of carbonyl (C=O) groups is 4. The van der Waals surface area contributed by atoms with Gasteiger partial charge < -0.3 is 24.4 Å². The summed E-state index contributed by atoms with van der Waals surface area (Å²) >= 11 is 8.28. The van der Waals surface area contributed by atoms with Crippen LogP contribution in [0.5, 0.6) is 11.5 Å². The molecule has 18 heteroatoms. The van der Waals surface area contributed by atoms with E-state index in [1.807, 2.05) is 46.9 Å². The van der Waals surface area contributed by atoms with Crippen molar-refractivity contribution in [2.45, 2.75) is 144 Å². The van der Waals surface area contributed by atoms with Crippen LogP contribution >= 0.6 is 22.9 Å². The van der Waals surface area contributed by atoms with E-state index in [9.17, 15) is 27.6 Å². The molecule has 0 unspecified atom stereocenters. The molecule has 15 nitrogen and oxygen atoms in total. The first kappa shape index (κ1) is 47.4. The number of hydrogen-bond acceptors (Lipinski definition) is 14. The van der Waals surface area contributed by atoms with Crippen molar-refractivity contribution in [3.8, 4) is 22.9 Å². The Morgan fingerprint density at radius 1 is 1.05 bits per heavy atom. The predicted octanol–water partition coefficient (Wildman–Crippen LogP) is 7.89. The quantitative estimate of drug-likeness (QED) is 0.124. The number of carbonyl (C=O) groups excluding carboxylic acids is 4. The Kier molecular flexibility index (Phi) is 13.4. The van der Waals surface area contributed by atoms with Crippen LogP contribution in [0.1, 0.15) is 114 Å². The van der Waals surface area contributed by atoms with Gasteiger partial charge in [-0.1, -0.05) is 45.7 Å². The van der Waals surface area contributed by atoms with Gasteiger partial charge in [-0.2, -0.15) is 8.42 Å². The minimum atomic E-state index is -4.45. The lowest BCUT2D eigenvalue weighted by Gasteiger charge is -2.35. The maximum atomic E-state index is 14.9. The number of ketones is 1. The third kappa shape index (κ3) is 10.8. The number of rotatable bonds is 17. The number of pyridine rings is 1. The summed E-state index contributed by atoms with van der Waals surface area (Å²) in [5.41, 5.74) is -2.26. The molecule has 2 saturated carbocycles. The topological polar surface area (TPSA) is 192 Å². The SMILES string of the molecule is CC[C@@H]1C[C@]1(CC(=O)[C@@H]1C[C@@H](Oc2cc(-c3csc(NC(C)C)n3)nc3c(Cl)c(OC)ccc23)CN1C(=O)[C@@H](CC(=O)OC(C)(C)C)C(C)(C)C)C(=O)NS(=O)(=O)OC1(C)CC1. The fourth-order valence-electron chi connectivity index (χ4n) is 8.10. The van der Waals surface area contributed by atoms with Crippen LogP contribution in [0.15, 0.2) is 23.6 Å². The molecule has 2 N–H and O–H groups in total. The third-order valence-electron chi connectivity index (χ3n) is 11.7. The van der Waals surface area contributed by atoms with Crippen molar-refractivity contribution in [3.05, 3.63) is 28.6 Å². The zero-order valence-electron chi connectivity index (χ0n) is 37.5. The molecule has 3 fully saturated rings.